The van der Waals surface area contributed by atoms with Crippen LogP contribution in [0.3, 0.4) is 0 Å². The number of aldehydes is 1. The van der Waals surface area contributed by atoms with Crippen molar-refractivity contribution in [3.63, 3.8) is 0 Å². The number of allylic oxidation sites excluding steroid dienone is 2. The fourth-order valence-electron chi connectivity index (χ4n) is 2.33. The van der Waals surface area contributed by atoms with E-state index in [0.29, 0.717) is 5.76 Å². The standard InChI is InChI=1S/C13H22O2/c1-4-5-6-7-8-10-11(9-14)13(2,3)12(10)15/h9,11,15H,4-8H2,1-3H3. The van der Waals surface area contributed by atoms with Gasteiger partial charge in [-0.2, -0.15) is 0 Å². The lowest BCUT2D eigenvalue weighted by molar-refractivity contribution is -0.114. The maximum absolute atomic E-state index is 10.9. The van der Waals surface area contributed by atoms with Gasteiger partial charge in [0.15, 0.2) is 0 Å². The second-order valence-electron chi connectivity index (χ2n) is 5.02. The maximum atomic E-state index is 10.9. The number of hydrogen-bond donors (Lipinski definition) is 1. The molecule has 15 heavy (non-hydrogen) atoms. The third-order valence-corrected chi connectivity index (χ3v) is 3.50. The maximum Gasteiger partial charge on any atom is 0.128 e. The molecule has 0 aromatic rings. The first-order valence-electron chi connectivity index (χ1n) is 5.93. The van der Waals surface area contributed by atoms with Crippen molar-refractivity contribution in [1.82, 2.24) is 0 Å². The molecule has 0 heterocycles. The van der Waals surface area contributed by atoms with Gasteiger partial charge in [0.1, 0.15) is 6.29 Å². The Morgan fingerprint density at radius 2 is 2.00 bits per heavy atom. The number of carbonyl (C=O) groups is 1. The van der Waals surface area contributed by atoms with E-state index in [0.717, 1.165) is 24.7 Å². The van der Waals surface area contributed by atoms with Gasteiger partial charge in [-0.25, -0.2) is 0 Å². The van der Waals surface area contributed by atoms with Gasteiger partial charge in [-0.05, 0) is 18.4 Å². The molecular formula is C13H22O2. The molecule has 1 aliphatic carbocycles. The highest BCUT2D eigenvalue weighted by molar-refractivity contribution is 5.66. The van der Waals surface area contributed by atoms with Crippen LogP contribution in [0, 0.1) is 11.3 Å². The van der Waals surface area contributed by atoms with Crippen LogP contribution in [-0.4, -0.2) is 11.4 Å². The summed E-state index contributed by atoms with van der Waals surface area (Å²) < 4.78 is 0. The molecule has 0 spiro atoms. The normalized spacial score (nSPS) is 23.8. The lowest BCUT2D eigenvalue weighted by Gasteiger charge is -2.42. The van der Waals surface area contributed by atoms with Gasteiger partial charge >= 0.3 is 0 Å². The minimum atomic E-state index is -0.318. The molecule has 0 aliphatic heterocycles. The third kappa shape index (κ3) is 2.24. The van der Waals surface area contributed by atoms with Crippen LogP contribution in [0.15, 0.2) is 11.3 Å². The summed E-state index contributed by atoms with van der Waals surface area (Å²) >= 11 is 0. The van der Waals surface area contributed by atoms with Crippen molar-refractivity contribution >= 4 is 6.29 Å². The monoisotopic (exact) mass is 210 g/mol. The Balaban J connectivity index is 2.48. The molecule has 2 nitrogen and oxygen atoms in total. The molecule has 2 heteroatoms. The summed E-state index contributed by atoms with van der Waals surface area (Å²) in [4.78, 5) is 10.9. The van der Waals surface area contributed by atoms with Crippen molar-refractivity contribution in [2.45, 2.75) is 52.9 Å². The Morgan fingerprint density at radius 1 is 1.33 bits per heavy atom. The molecule has 1 aliphatic rings. The Labute approximate surface area is 92.4 Å². The fourth-order valence-corrected chi connectivity index (χ4v) is 2.33. The van der Waals surface area contributed by atoms with Crippen LogP contribution < -0.4 is 0 Å². The molecule has 86 valence electrons. The van der Waals surface area contributed by atoms with Crippen LogP contribution in [0.25, 0.3) is 0 Å². The zero-order chi connectivity index (χ0) is 11.5. The van der Waals surface area contributed by atoms with E-state index in [-0.39, 0.29) is 11.3 Å². The molecule has 0 aromatic heterocycles. The van der Waals surface area contributed by atoms with Crippen molar-refractivity contribution < 1.29 is 9.90 Å². The minimum Gasteiger partial charge on any atom is -0.512 e. The van der Waals surface area contributed by atoms with Gasteiger partial charge in [0, 0.05) is 5.41 Å². The zero-order valence-corrected chi connectivity index (χ0v) is 10.0. The van der Waals surface area contributed by atoms with E-state index < -0.39 is 0 Å². The molecule has 1 N–H and O–H groups in total. The van der Waals surface area contributed by atoms with Gasteiger partial charge in [-0.3, -0.25) is 0 Å². The van der Waals surface area contributed by atoms with Crippen molar-refractivity contribution in [2.75, 3.05) is 0 Å². The van der Waals surface area contributed by atoms with Crippen molar-refractivity contribution in [3.05, 3.63) is 11.3 Å². The molecule has 1 rings (SSSR count). The summed E-state index contributed by atoms with van der Waals surface area (Å²) in [5.74, 6) is 0.398. The predicted octanol–water partition coefficient (Wildman–Crippen LogP) is 3.62. The van der Waals surface area contributed by atoms with Crippen LogP contribution in [0.2, 0.25) is 0 Å². The number of aliphatic hydroxyl groups is 1. The van der Waals surface area contributed by atoms with Gasteiger partial charge in [0.2, 0.25) is 0 Å². The highest BCUT2D eigenvalue weighted by atomic mass is 16.3. The average Bonchev–Trinajstić information content (AvgIpc) is 2.21. The summed E-state index contributed by atoms with van der Waals surface area (Å²) in [6, 6.07) is 0. The summed E-state index contributed by atoms with van der Waals surface area (Å²) in [5, 5.41) is 9.81. The van der Waals surface area contributed by atoms with Crippen LogP contribution in [0.4, 0.5) is 0 Å². The fraction of sp³-hybridized carbons (Fsp3) is 0.769. The summed E-state index contributed by atoms with van der Waals surface area (Å²) in [6.45, 7) is 6.03. The van der Waals surface area contributed by atoms with Crippen LogP contribution >= 0.6 is 0 Å². The van der Waals surface area contributed by atoms with Crippen LogP contribution in [-0.2, 0) is 4.79 Å². The van der Waals surface area contributed by atoms with E-state index in [1.165, 1.54) is 19.3 Å². The molecule has 0 amide bonds. The van der Waals surface area contributed by atoms with Crippen LogP contribution in [0.1, 0.15) is 52.9 Å². The largest absolute Gasteiger partial charge is 0.512 e. The number of unbranched alkanes of at least 4 members (excludes halogenated alkanes) is 3. The van der Waals surface area contributed by atoms with E-state index in [1.54, 1.807) is 0 Å². The quantitative estimate of drug-likeness (QED) is 0.537. The highest BCUT2D eigenvalue weighted by Gasteiger charge is 2.46. The second kappa shape index (κ2) is 4.82. The van der Waals surface area contributed by atoms with E-state index in [4.69, 9.17) is 0 Å². The van der Waals surface area contributed by atoms with Gasteiger partial charge < -0.3 is 9.90 Å². The molecule has 1 unspecified atom stereocenters. The average molecular weight is 210 g/mol. The third-order valence-electron chi connectivity index (χ3n) is 3.50. The lowest BCUT2D eigenvalue weighted by Crippen LogP contribution is -2.40. The Morgan fingerprint density at radius 3 is 2.53 bits per heavy atom. The minimum absolute atomic E-state index is 0.0564. The highest BCUT2D eigenvalue weighted by Crippen LogP contribution is 2.50. The first-order chi connectivity index (χ1) is 7.05. The van der Waals surface area contributed by atoms with Crippen molar-refractivity contribution in [2.24, 2.45) is 11.3 Å². The Kier molecular flexibility index (Phi) is 3.95. The van der Waals surface area contributed by atoms with Crippen molar-refractivity contribution in [1.29, 1.82) is 0 Å². The SMILES string of the molecule is CCCCCCC1=C(O)C(C)(C)C1C=O. The number of carbonyl (C=O) groups excluding carboxylic acids is 1. The topological polar surface area (TPSA) is 37.3 Å². The zero-order valence-electron chi connectivity index (χ0n) is 10.0. The second-order valence-corrected chi connectivity index (χ2v) is 5.02. The molecule has 0 saturated carbocycles. The summed E-state index contributed by atoms with van der Waals surface area (Å²) in [5.41, 5.74) is 0.660. The molecule has 1 atom stereocenters. The molecule has 0 fully saturated rings. The smallest absolute Gasteiger partial charge is 0.128 e. The van der Waals surface area contributed by atoms with Gasteiger partial charge in [-0.1, -0.05) is 40.0 Å². The van der Waals surface area contributed by atoms with E-state index in [2.05, 4.69) is 6.92 Å². The summed E-state index contributed by atoms with van der Waals surface area (Å²) in [6.07, 6.45) is 6.61. The Hall–Kier alpha value is -0.790. The van der Waals surface area contributed by atoms with Crippen molar-refractivity contribution in [3.8, 4) is 0 Å². The van der Waals surface area contributed by atoms with Gasteiger partial charge in [0.25, 0.3) is 0 Å². The predicted molar refractivity (Wildman–Crippen MR) is 61.7 cm³/mol. The number of aliphatic hydroxyl groups excluding tert-OH is 1. The molecule has 0 bridgehead atoms. The molecule has 0 radical (unpaired) electrons. The Bertz CT molecular complexity index is 264. The van der Waals surface area contributed by atoms with Crippen LogP contribution in [0.5, 0.6) is 0 Å². The van der Waals surface area contributed by atoms with E-state index >= 15 is 0 Å². The molecular weight excluding hydrogens is 188 g/mol. The van der Waals surface area contributed by atoms with Gasteiger partial charge in [0.05, 0.1) is 11.7 Å². The first kappa shape index (κ1) is 12.3. The van der Waals surface area contributed by atoms with E-state index in [1.807, 2.05) is 13.8 Å². The number of hydrogen-bond acceptors (Lipinski definition) is 2. The molecule has 0 saturated heterocycles. The van der Waals surface area contributed by atoms with Gasteiger partial charge in [-0.15, -0.1) is 0 Å². The lowest BCUT2D eigenvalue weighted by atomic mass is 9.62. The number of rotatable bonds is 6. The summed E-state index contributed by atoms with van der Waals surface area (Å²) in [7, 11) is 0. The van der Waals surface area contributed by atoms with E-state index in [9.17, 15) is 9.90 Å². The molecule has 0 aromatic carbocycles. The first-order valence-corrected chi connectivity index (χ1v) is 5.93.